The van der Waals surface area contributed by atoms with Gasteiger partial charge in [-0.3, -0.25) is 9.69 Å². The molecule has 27 heavy (non-hydrogen) atoms. The summed E-state index contributed by atoms with van der Waals surface area (Å²) in [5.74, 6) is -0.473. The second kappa shape index (κ2) is 9.42. The van der Waals surface area contributed by atoms with Crippen molar-refractivity contribution in [2.75, 3.05) is 39.4 Å². The van der Waals surface area contributed by atoms with Crippen molar-refractivity contribution in [3.63, 3.8) is 0 Å². The molecule has 3 rings (SSSR count). The van der Waals surface area contributed by atoms with Gasteiger partial charge in [-0.25, -0.2) is 4.39 Å². The van der Waals surface area contributed by atoms with E-state index in [2.05, 4.69) is 10.2 Å². The maximum Gasteiger partial charge on any atom is 0.176 e. The number of rotatable bonds is 7. The lowest BCUT2D eigenvalue weighted by molar-refractivity contribution is 0.0162. The fourth-order valence-electron chi connectivity index (χ4n) is 3.22. The Morgan fingerprint density at radius 3 is 2.59 bits per heavy atom. The molecule has 1 heterocycles. The highest BCUT2D eigenvalue weighted by molar-refractivity contribution is 6.30. The van der Waals surface area contributed by atoms with E-state index in [1.54, 1.807) is 19.1 Å². The minimum Gasteiger partial charge on any atom is -0.379 e. The number of carbonyl (C=O) groups excluding carboxylic acids is 1. The molecule has 4 nitrogen and oxygen atoms in total. The molecule has 1 atom stereocenters. The highest BCUT2D eigenvalue weighted by Gasteiger charge is 2.22. The molecule has 1 N–H and O–H groups in total. The van der Waals surface area contributed by atoms with Crippen molar-refractivity contribution in [1.82, 2.24) is 10.2 Å². The van der Waals surface area contributed by atoms with Gasteiger partial charge in [0.25, 0.3) is 0 Å². The number of nitrogens with zero attached hydrogens (tertiary/aromatic N) is 1. The van der Waals surface area contributed by atoms with Crippen molar-refractivity contribution in [2.45, 2.75) is 13.0 Å². The Labute approximate surface area is 164 Å². The standard InChI is InChI=1S/C21H24ClFN2O2/c1-15-2-3-17(12-19(15)23)21(26)14-24-13-20(25-8-10-27-11-9-25)16-4-6-18(22)7-5-16/h2-7,12,20,24H,8-11,13-14H2,1H3. The molecule has 1 aliphatic heterocycles. The Balaban J connectivity index is 1.64. The van der Waals surface area contributed by atoms with E-state index in [1.165, 1.54) is 6.07 Å². The second-order valence-electron chi connectivity index (χ2n) is 6.73. The van der Waals surface area contributed by atoms with Crippen LogP contribution in [0, 0.1) is 12.7 Å². The zero-order chi connectivity index (χ0) is 19.2. The van der Waals surface area contributed by atoms with E-state index in [0.29, 0.717) is 35.9 Å². The normalized spacial score (nSPS) is 16.3. The lowest BCUT2D eigenvalue weighted by atomic mass is 10.0. The molecular weight excluding hydrogens is 367 g/mol. The number of Topliss-reactive ketones (excluding diaryl/α,β-unsaturated/α-hetero) is 1. The Bertz CT molecular complexity index is 776. The van der Waals surface area contributed by atoms with Gasteiger partial charge in [0, 0.05) is 36.3 Å². The lowest BCUT2D eigenvalue weighted by Gasteiger charge is -2.35. The zero-order valence-electron chi connectivity index (χ0n) is 15.4. The molecule has 1 fully saturated rings. The van der Waals surface area contributed by atoms with E-state index < -0.39 is 0 Å². The summed E-state index contributed by atoms with van der Waals surface area (Å²) in [6.07, 6.45) is 0. The van der Waals surface area contributed by atoms with Crippen LogP contribution in [0.15, 0.2) is 42.5 Å². The molecule has 0 amide bonds. The Kier molecular flexibility index (Phi) is 6.96. The Morgan fingerprint density at radius 2 is 1.93 bits per heavy atom. The van der Waals surface area contributed by atoms with Crippen LogP contribution >= 0.6 is 11.6 Å². The van der Waals surface area contributed by atoms with Gasteiger partial charge >= 0.3 is 0 Å². The number of ketones is 1. The molecule has 2 aromatic carbocycles. The first-order chi connectivity index (χ1) is 13.0. The second-order valence-corrected chi connectivity index (χ2v) is 7.17. The summed E-state index contributed by atoms with van der Waals surface area (Å²) >= 11 is 6.02. The van der Waals surface area contributed by atoms with E-state index in [1.807, 2.05) is 24.3 Å². The molecule has 0 aliphatic carbocycles. The summed E-state index contributed by atoms with van der Waals surface area (Å²) in [5, 5.41) is 3.94. The summed E-state index contributed by atoms with van der Waals surface area (Å²) in [6, 6.07) is 12.5. The van der Waals surface area contributed by atoms with Crippen molar-refractivity contribution < 1.29 is 13.9 Å². The van der Waals surface area contributed by atoms with Gasteiger partial charge in [0.2, 0.25) is 0 Å². The van der Waals surface area contributed by atoms with Crippen LogP contribution in [0.5, 0.6) is 0 Å². The molecule has 0 spiro atoms. The number of ether oxygens (including phenoxy) is 1. The fraction of sp³-hybridized carbons (Fsp3) is 0.381. The van der Waals surface area contributed by atoms with E-state index in [0.717, 1.165) is 18.7 Å². The number of nitrogens with one attached hydrogen (secondary N) is 1. The molecule has 0 saturated carbocycles. The van der Waals surface area contributed by atoms with Gasteiger partial charge in [-0.05, 0) is 36.2 Å². The van der Waals surface area contributed by atoms with Crippen LogP contribution in [0.1, 0.15) is 27.5 Å². The molecule has 1 aliphatic rings. The van der Waals surface area contributed by atoms with Crippen LogP contribution < -0.4 is 5.32 Å². The maximum absolute atomic E-state index is 13.7. The van der Waals surface area contributed by atoms with Gasteiger partial charge in [-0.1, -0.05) is 35.9 Å². The van der Waals surface area contributed by atoms with Gasteiger partial charge in [0.1, 0.15) is 5.82 Å². The monoisotopic (exact) mass is 390 g/mol. The number of halogens is 2. The predicted molar refractivity (Wildman–Crippen MR) is 105 cm³/mol. The molecule has 0 radical (unpaired) electrons. The molecule has 2 aromatic rings. The number of morpholine rings is 1. The minimum atomic E-state index is -0.354. The number of carbonyl (C=O) groups is 1. The molecule has 144 valence electrons. The summed E-state index contributed by atoms with van der Waals surface area (Å²) in [6.45, 7) is 5.54. The molecule has 6 heteroatoms. The third-order valence-corrected chi connectivity index (χ3v) is 5.11. The van der Waals surface area contributed by atoms with Crippen molar-refractivity contribution in [3.8, 4) is 0 Å². The summed E-state index contributed by atoms with van der Waals surface area (Å²) in [7, 11) is 0. The Hall–Kier alpha value is -1.79. The number of hydrogen-bond donors (Lipinski definition) is 1. The van der Waals surface area contributed by atoms with Gasteiger partial charge in [-0.15, -0.1) is 0 Å². The number of aryl methyl sites for hydroxylation is 1. The third kappa shape index (κ3) is 5.36. The first-order valence-electron chi connectivity index (χ1n) is 9.12. The maximum atomic E-state index is 13.7. The first kappa shape index (κ1) is 20.0. The molecule has 0 bridgehead atoms. The quantitative estimate of drug-likeness (QED) is 0.733. The minimum absolute atomic E-state index is 0.119. The fourth-order valence-corrected chi connectivity index (χ4v) is 3.35. The topological polar surface area (TPSA) is 41.6 Å². The van der Waals surface area contributed by atoms with Gasteiger partial charge in [0.05, 0.1) is 19.8 Å². The average Bonchev–Trinajstić information content (AvgIpc) is 2.69. The van der Waals surface area contributed by atoms with E-state index in [4.69, 9.17) is 16.3 Å². The van der Waals surface area contributed by atoms with E-state index in [9.17, 15) is 9.18 Å². The Morgan fingerprint density at radius 1 is 1.22 bits per heavy atom. The van der Waals surface area contributed by atoms with E-state index in [-0.39, 0.29) is 24.2 Å². The molecule has 1 saturated heterocycles. The number of benzene rings is 2. The van der Waals surface area contributed by atoms with Crippen molar-refractivity contribution >= 4 is 17.4 Å². The number of hydrogen-bond acceptors (Lipinski definition) is 4. The van der Waals surface area contributed by atoms with Crippen LogP contribution in [-0.4, -0.2) is 50.1 Å². The van der Waals surface area contributed by atoms with Crippen molar-refractivity contribution in [1.29, 1.82) is 0 Å². The van der Waals surface area contributed by atoms with Crippen LogP contribution in [0.2, 0.25) is 5.02 Å². The molecule has 1 unspecified atom stereocenters. The van der Waals surface area contributed by atoms with E-state index >= 15 is 0 Å². The van der Waals surface area contributed by atoms with Crippen LogP contribution in [-0.2, 0) is 4.74 Å². The van der Waals surface area contributed by atoms with Gasteiger partial charge < -0.3 is 10.1 Å². The van der Waals surface area contributed by atoms with Crippen LogP contribution in [0.4, 0.5) is 4.39 Å². The van der Waals surface area contributed by atoms with Crippen molar-refractivity contribution in [3.05, 3.63) is 70.0 Å². The third-order valence-electron chi connectivity index (χ3n) is 4.86. The zero-order valence-corrected chi connectivity index (χ0v) is 16.1. The largest absolute Gasteiger partial charge is 0.379 e. The van der Waals surface area contributed by atoms with Gasteiger partial charge in [-0.2, -0.15) is 0 Å². The first-order valence-corrected chi connectivity index (χ1v) is 9.50. The average molecular weight is 391 g/mol. The van der Waals surface area contributed by atoms with Crippen LogP contribution in [0.25, 0.3) is 0 Å². The SMILES string of the molecule is Cc1ccc(C(=O)CNCC(c2ccc(Cl)cc2)N2CCOCC2)cc1F. The predicted octanol–water partition coefficient (Wildman–Crippen LogP) is 3.63. The summed E-state index contributed by atoms with van der Waals surface area (Å²) in [4.78, 5) is 14.7. The summed E-state index contributed by atoms with van der Waals surface area (Å²) < 4.78 is 19.1. The highest BCUT2D eigenvalue weighted by Crippen LogP contribution is 2.23. The van der Waals surface area contributed by atoms with Gasteiger partial charge in [0.15, 0.2) is 5.78 Å². The molecule has 0 aromatic heterocycles. The lowest BCUT2D eigenvalue weighted by Crippen LogP contribution is -2.43. The highest BCUT2D eigenvalue weighted by atomic mass is 35.5. The smallest absolute Gasteiger partial charge is 0.176 e. The van der Waals surface area contributed by atoms with Crippen molar-refractivity contribution in [2.24, 2.45) is 0 Å². The molecular formula is C21H24ClFN2O2. The summed E-state index contributed by atoms with van der Waals surface area (Å²) in [5.41, 5.74) is 2.07. The van der Waals surface area contributed by atoms with Crippen LogP contribution in [0.3, 0.4) is 0 Å².